The van der Waals surface area contributed by atoms with Crippen LogP contribution in [0.5, 0.6) is 0 Å². The predicted molar refractivity (Wildman–Crippen MR) is 72.7 cm³/mol. The second-order valence-electron chi connectivity index (χ2n) is 4.16. The Morgan fingerprint density at radius 3 is 2.33 bits per heavy atom. The van der Waals surface area contributed by atoms with Crippen LogP contribution in [0.4, 0.5) is 5.82 Å². The Hall–Kier alpha value is -2.90. The monoisotopic (exact) mass is 290 g/mol. The molecule has 0 aliphatic rings. The van der Waals surface area contributed by atoms with Crippen molar-refractivity contribution in [2.45, 2.75) is 6.54 Å². The van der Waals surface area contributed by atoms with Crippen molar-refractivity contribution in [2.75, 3.05) is 20.0 Å². The van der Waals surface area contributed by atoms with Gasteiger partial charge in [0.25, 0.3) is 0 Å². The van der Waals surface area contributed by atoms with Crippen molar-refractivity contribution in [3.8, 4) is 0 Å². The summed E-state index contributed by atoms with van der Waals surface area (Å²) in [6.45, 7) is 0.317. The lowest BCUT2D eigenvalue weighted by Gasteiger charge is -2.05. The minimum atomic E-state index is -0.639. The molecule has 1 aromatic heterocycles. The van der Waals surface area contributed by atoms with E-state index < -0.39 is 11.9 Å². The van der Waals surface area contributed by atoms with Crippen molar-refractivity contribution in [2.24, 2.45) is 0 Å². The average molecular weight is 290 g/mol. The number of benzene rings is 1. The third-order valence-electron chi connectivity index (χ3n) is 2.86. The van der Waals surface area contributed by atoms with Crippen molar-refractivity contribution >= 4 is 17.8 Å². The lowest BCUT2D eigenvalue weighted by molar-refractivity contribution is 0.0588. The first kappa shape index (κ1) is 14.5. The zero-order chi connectivity index (χ0) is 15.4. The molecule has 0 amide bonds. The van der Waals surface area contributed by atoms with Gasteiger partial charge >= 0.3 is 11.9 Å². The molecule has 0 fully saturated rings. The zero-order valence-corrected chi connectivity index (χ0v) is 11.6. The summed E-state index contributed by atoms with van der Waals surface area (Å²) < 4.78 is 10.5. The van der Waals surface area contributed by atoms with Crippen LogP contribution in [0.1, 0.15) is 26.4 Å². The Balaban J connectivity index is 2.17. The molecule has 1 aromatic carbocycles. The Morgan fingerprint density at radius 1 is 1.14 bits per heavy atom. The summed E-state index contributed by atoms with van der Waals surface area (Å²) in [6, 6.07) is 6.75. The molecule has 2 aromatic rings. The summed E-state index contributed by atoms with van der Waals surface area (Å²) in [5.74, 6) is -0.923. The van der Waals surface area contributed by atoms with Crippen molar-refractivity contribution in [3.63, 3.8) is 0 Å². The first-order chi connectivity index (χ1) is 10.1. The summed E-state index contributed by atoms with van der Waals surface area (Å²) in [5.41, 5.74) is 7.06. The van der Waals surface area contributed by atoms with E-state index in [2.05, 4.69) is 19.8 Å². The Morgan fingerprint density at radius 2 is 1.76 bits per heavy atom. The van der Waals surface area contributed by atoms with Gasteiger partial charge in [0.2, 0.25) is 5.69 Å². The molecular formula is C13H14N4O4. The van der Waals surface area contributed by atoms with Gasteiger partial charge in [0.05, 0.1) is 26.3 Å². The SMILES string of the molecule is COC(=O)c1ccc(Cn2nnc(C(=O)OC)c2N)cc1. The number of ether oxygens (including phenoxy) is 2. The van der Waals surface area contributed by atoms with Crippen LogP contribution < -0.4 is 5.73 Å². The van der Waals surface area contributed by atoms with Crippen molar-refractivity contribution in [3.05, 3.63) is 41.1 Å². The first-order valence-corrected chi connectivity index (χ1v) is 6.01. The summed E-state index contributed by atoms with van der Waals surface area (Å²) in [7, 11) is 2.56. The van der Waals surface area contributed by atoms with E-state index in [1.807, 2.05) is 0 Å². The Labute approximate surface area is 120 Å². The maximum absolute atomic E-state index is 11.4. The molecule has 0 aliphatic heterocycles. The summed E-state index contributed by atoms with van der Waals surface area (Å²) in [5, 5.41) is 7.48. The second kappa shape index (κ2) is 6.04. The molecule has 110 valence electrons. The van der Waals surface area contributed by atoms with E-state index in [0.29, 0.717) is 12.1 Å². The van der Waals surface area contributed by atoms with E-state index in [0.717, 1.165) is 5.56 Å². The van der Waals surface area contributed by atoms with Crippen LogP contribution in [0.25, 0.3) is 0 Å². The smallest absolute Gasteiger partial charge is 0.362 e. The maximum atomic E-state index is 11.4. The molecule has 2 rings (SSSR count). The van der Waals surface area contributed by atoms with Gasteiger partial charge < -0.3 is 15.2 Å². The van der Waals surface area contributed by atoms with Gasteiger partial charge in [-0.15, -0.1) is 5.10 Å². The fourth-order valence-electron chi connectivity index (χ4n) is 1.72. The quantitative estimate of drug-likeness (QED) is 0.815. The van der Waals surface area contributed by atoms with Gasteiger partial charge in [0, 0.05) is 0 Å². The lowest BCUT2D eigenvalue weighted by atomic mass is 10.1. The number of hydrogen-bond donors (Lipinski definition) is 1. The van der Waals surface area contributed by atoms with E-state index in [-0.39, 0.29) is 11.5 Å². The van der Waals surface area contributed by atoms with Gasteiger partial charge in [-0.25, -0.2) is 14.3 Å². The third-order valence-corrected chi connectivity index (χ3v) is 2.86. The number of carbonyl (C=O) groups is 2. The highest BCUT2D eigenvalue weighted by molar-refractivity contribution is 5.91. The van der Waals surface area contributed by atoms with Crippen molar-refractivity contribution < 1.29 is 19.1 Å². The molecule has 0 aliphatic carbocycles. The first-order valence-electron chi connectivity index (χ1n) is 6.01. The van der Waals surface area contributed by atoms with Crippen LogP contribution in [0.15, 0.2) is 24.3 Å². The highest BCUT2D eigenvalue weighted by atomic mass is 16.5. The van der Waals surface area contributed by atoms with Crippen LogP contribution in [0.2, 0.25) is 0 Å². The number of carbonyl (C=O) groups excluding carboxylic acids is 2. The fraction of sp³-hybridized carbons (Fsp3) is 0.231. The van der Waals surface area contributed by atoms with E-state index >= 15 is 0 Å². The van der Waals surface area contributed by atoms with Gasteiger partial charge in [-0.2, -0.15) is 0 Å². The molecule has 0 spiro atoms. The van der Waals surface area contributed by atoms with Crippen LogP contribution in [-0.4, -0.2) is 41.2 Å². The number of anilines is 1. The minimum Gasteiger partial charge on any atom is -0.465 e. The normalized spacial score (nSPS) is 10.2. The van der Waals surface area contributed by atoms with Crippen molar-refractivity contribution in [1.29, 1.82) is 0 Å². The number of nitrogen functional groups attached to an aromatic ring is 1. The zero-order valence-electron chi connectivity index (χ0n) is 11.6. The Kier molecular flexibility index (Phi) is 4.17. The van der Waals surface area contributed by atoms with Gasteiger partial charge in [-0.05, 0) is 17.7 Å². The van der Waals surface area contributed by atoms with Gasteiger partial charge in [0.1, 0.15) is 0 Å². The summed E-state index contributed by atoms with van der Waals surface area (Å²) in [4.78, 5) is 22.7. The molecule has 0 unspecified atom stereocenters. The van der Waals surface area contributed by atoms with Gasteiger partial charge in [-0.3, -0.25) is 0 Å². The molecule has 0 atom stereocenters. The summed E-state index contributed by atoms with van der Waals surface area (Å²) in [6.07, 6.45) is 0. The van der Waals surface area contributed by atoms with E-state index in [1.165, 1.54) is 18.9 Å². The number of esters is 2. The highest BCUT2D eigenvalue weighted by Gasteiger charge is 2.17. The molecule has 1 heterocycles. The molecule has 2 N–H and O–H groups in total. The van der Waals surface area contributed by atoms with Crippen LogP contribution in [-0.2, 0) is 16.0 Å². The number of rotatable bonds is 4. The van der Waals surface area contributed by atoms with Gasteiger partial charge in [-0.1, -0.05) is 17.3 Å². The topological polar surface area (TPSA) is 109 Å². The largest absolute Gasteiger partial charge is 0.465 e. The third kappa shape index (κ3) is 2.99. The van der Waals surface area contributed by atoms with E-state index in [4.69, 9.17) is 5.73 Å². The van der Waals surface area contributed by atoms with Crippen molar-refractivity contribution in [1.82, 2.24) is 15.0 Å². The molecule has 0 bridgehead atoms. The second-order valence-corrected chi connectivity index (χ2v) is 4.16. The number of nitrogens with zero attached hydrogens (tertiary/aromatic N) is 3. The molecule has 0 radical (unpaired) electrons. The highest BCUT2D eigenvalue weighted by Crippen LogP contribution is 2.12. The number of nitrogens with two attached hydrogens (primary N) is 1. The number of hydrogen-bond acceptors (Lipinski definition) is 7. The van der Waals surface area contributed by atoms with Crippen LogP contribution >= 0.6 is 0 Å². The Bertz CT molecular complexity index is 663. The lowest BCUT2D eigenvalue weighted by Crippen LogP contribution is -2.10. The predicted octanol–water partition coefficient (Wildman–Crippen LogP) is 0.482. The van der Waals surface area contributed by atoms with Crippen LogP contribution in [0, 0.1) is 0 Å². The van der Waals surface area contributed by atoms with E-state index in [1.54, 1.807) is 24.3 Å². The fourth-order valence-corrected chi connectivity index (χ4v) is 1.72. The number of aromatic nitrogens is 3. The van der Waals surface area contributed by atoms with Crippen LogP contribution in [0.3, 0.4) is 0 Å². The van der Waals surface area contributed by atoms with Gasteiger partial charge in [0.15, 0.2) is 5.82 Å². The standard InChI is InChI=1S/C13H14N4O4/c1-20-12(18)9-5-3-8(4-6-9)7-17-11(14)10(15-16-17)13(19)21-2/h3-6H,7,14H2,1-2H3. The maximum Gasteiger partial charge on any atom is 0.362 e. The average Bonchev–Trinajstić information content (AvgIpc) is 2.87. The molecule has 8 nitrogen and oxygen atoms in total. The minimum absolute atomic E-state index is 0.0244. The number of methoxy groups -OCH3 is 2. The molecule has 8 heteroatoms. The molecule has 0 saturated carbocycles. The molecule has 21 heavy (non-hydrogen) atoms. The molecule has 0 saturated heterocycles. The summed E-state index contributed by atoms with van der Waals surface area (Å²) >= 11 is 0. The molecular weight excluding hydrogens is 276 g/mol. The van der Waals surface area contributed by atoms with E-state index in [9.17, 15) is 9.59 Å².